The predicted molar refractivity (Wildman–Crippen MR) is 75.8 cm³/mol. The van der Waals surface area contributed by atoms with E-state index in [1.165, 1.54) is 17.0 Å². The summed E-state index contributed by atoms with van der Waals surface area (Å²) in [6, 6.07) is 5.80. The van der Waals surface area contributed by atoms with Crippen molar-refractivity contribution in [3.8, 4) is 0 Å². The highest BCUT2D eigenvalue weighted by Gasteiger charge is 2.42. The second-order valence-electron chi connectivity index (χ2n) is 5.80. The van der Waals surface area contributed by atoms with Gasteiger partial charge in [-0.25, -0.2) is 4.39 Å². The first-order chi connectivity index (χ1) is 10.1. The molecule has 3 rings (SSSR count). The van der Waals surface area contributed by atoms with E-state index in [0.29, 0.717) is 6.54 Å². The van der Waals surface area contributed by atoms with Crippen LogP contribution in [0, 0.1) is 5.82 Å². The van der Waals surface area contributed by atoms with Crippen molar-refractivity contribution in [3.63, 3.8) is 0 Å². The maximum Gasteiger partial charge on any atom is 0.247 e. The van der Waals surface area contributed by atoms with Gasteiger partial charge in [0, 0.05) is 12.6 Å². The zero-order valence-corrected chi connectivity index (χ0v) is 11.8. The zero-order chi connectivity index (χ0) is 14.8. The van der Waals surface area contributed by atoms with Crippen LogP contribution in [0.15, 0.2) is 24.3 Å². The summed E-state index contributed by atoms with van der Waals surface area (Å²) < 4.78 is 12.8. The van der Waals surface area contributed by atoms with Crippen molar-refractivity contribution in [2.75, 3.05) is 0 Å². The molecule has 2 amide bonds. The molecule has 1 saturated heterocycles. The first-order valence-corrected chi connectivity index (χ1v) is 7.49. The van der Waals surface area contributed by atoms with Gasteiger partial charge in [-0.2, -0.15) is 0 Å². The van der Waals surface area contributed by atoms with Crippen LogP contribution < -0.4 is 5.32 Å². The molecular weight excluding hydrogens is 271 g/mol. The number of carbonyl (C=O) groups is 2. The normalized spacial score (nSPS) is 23.3. The summed E-state index contributed by atoms with van der Waals surface area (Å²) >= 11 is 0. The van der Waals surface area contributed by atoms with Crippen molar-refractivity contribution < 1.29 is 14.0 Å². The minimum Gasteiger partial charge on any atom is -0.301 e. The lowest BCUT2D eigenvalue weighted by Crippen LogP contribution is -2.42. The first-order valence-electron chi connectivity index (χ1n) is 7.49. The second kappa shape index (κ2) is 5.93. The number of rotatable bonds is 4. The van der Waals surface area contributed by atoms with Gasteiger partial charge in [-0.15, -0.1) is 0 Å². The molecule has 1 N–H and O–H groups in total. The molecule has 0 spiro atoms. The molecule has 0 bridgehead atoms. The summed E-state index contributed by atoms with van der Waals surface area (Å²) in [4.78, 5) is 25.9. The molecule has 0 radical (unpaired) electrons. The Labute approximate surface area is 123 Å². The number of nitrogens with one attached hydrogen (secondary N) is 1. The van der Waals surface area contributed by atoms with Crippen molar-refractivity contribution in [1.82, 2.24) is 10.2 Å². The van der Waals surface area contributed by atoms with Gasteiger partial charge < -0.3 is 5.32 Å². The van der Waals surface area contributed by atoms with Crippen LogP contribution in [0.25, 0.3) is 0 Å². The summed E-state index contributed by atoms with van der Waals surface area (Å²) in [5, 5.41) is 3.12. The Balaban J connectivity index is 1.60. The molecule has 1 aromatic carbocycles. The van der Waals surface area contributed by atoms with E-state index < -0.39 is 6.04 Å². The first kappa shape index (κ1) is 14.2. The Morgan fingerprint density at radius 2 is 1.81 bits per heavy atom. The molecule has 1 unspecified atom stereocenters. The standard InChI is InChI=1S/C16H19FN2O2/c17-12-7-5-11(6-8-12)10-18-14-9-15(20)19(16(14)21)13-3-1-2-4-13/h5-8,13-14,18H,1-4,9-10H2. The molecule has 1 atom stereocenters. The number of nitrogens with zero attached hydrogens (tertiary/aromatic N) is 1. The summed E-state index contributed by atoms with van der Waals surface area (Å²) in [5.41, 5.74) is 0.899. The molecule has 1 aliphatic carbocycles. The average Bonchev–Trinajstić information content (AvgIpc) is 3.07. The summed E-state index contributed by atoms with van der Waals surface area (Å²) in [7, 11) is 0. The lowest BCUT2D eigenvalue weighted by molar-refractivity contribution is -0.141. The molecule has 112 valence electrons. The second-order valence-corrected chi connectivity index (χ2v) is 5.80. The molecule has 0 aromatic heterocycles. The fourth-order valence-electron chi connectivity index (χ4n) is 3.20. The van der Waals surface area contributed by atoms with Gasteiger partial charge in [0.25, 0.3) is 0 Å². The summed E-state index contributed by atoms with van der Waals surface area (Å²) in [5.74, 6) is -0.448. The van der Waals surface area contributed by atoms with Gasteiger partial charge in [-0.3, -0.25) is 14.5 Å². The molecule has 4 nitrogen and oxygen atoms in total. The smallest absolute Gasteiger partial charge is 0.247 e. The van der Waals surface area contributed by atoms with E-state index in [-0.39, 0.29) is 30.1 Å². The molecule has 21 heavy (non-hydrogen) atoms. The van der Waals surface area contributed by atoms with Gasteiger partial charge in [-0.1, -0.05) is 25.0 Å². The number of likely N-dealkylation sites (tertiary alicyclic amines) is 1. The molecule has 1 aliphatic heterocycles. The maximum absolute atomic E-state index is 12.8. The monoisotopic (exact) mass is 290 g/mol. The quantitative estimate of drug-likeness (QED) is 0.863. The Morgan fingerprint density at radius 1 is 1.14 bits per heavy atom. The number of halogens is 1. The molecule has 1 heterocycles. The molecular formula is C16H19FN2O2. The minimum atomic E-state index is -0.442. The zero-order valence-electron chi connectivity index (χ0n) is 11.8. The van der Waals surface area contributed by atoms with E-state index in [0.717, 1.165) is 31.2 Å². The van der Waals surface area contributed by atoms with Crippen LogP contribution in [0.5, 0.6) is 0 Å². The van der Waals surface area contributed by atoms with Crippen molar-refractivity contribution in [1.29, 1.82) is 0 Å². The van der Waals surface area contributed by atoms with Gasteiger partial charge in [0.2, 0.25) is 11.8 Å². The Hall–Kier alpha value is -1.75. The lowest BCUT2D eigenvalue weighted by atomic mass is 10.2. The Kier molecular flexibility index (Phi) is 4.01. The van der Waals surface area contributed by atoms with Crippen LogP contribution in [-0.4, -0.2) is 28.8 Å². The van der Waals surface area contributed by atoms with E-state index in [1.54, 1.807) is 12.1 Å². The maximum atomic E-state index is 12.8. The van der Waals surface area contributed by atoms with E-state index in [2.05, 4.69) is 5.32 Å². The third-order valence-corrected chi connectivity index (χ3v) is 4.34. The van der Waals surface area contributed by atoms with Gasteiger partial charge in [-0.05, 0) is 30.5 Å². The predicted octanol–water partition coefficient (Wildman–Crippen LogP) is 1.99. The average molecular weight is 290 g/mol. The van der Waals surface area contributed by atoms with Crippen LogP contribution in [0.4, 0.5) is 4.39 Å². The topological polar surface area (TPSA) is 49.4 Å². The highest BCUT2D eigenvalue weighted by atomic mass is 19.1. The van der Waals surface area contributed by atoms with Crippen molar-refractivity contribution >= 4 is 11.8 Å². The number of hydrogen-bond acceptors (Lipinski definition) is 3. The van der Waals surface area contributed by atoms with Crippen LogP contribution in [-0.2, 0) is 16.1 Å². The number of hydrogen-bond donors (Lipinski definition) is 1. The van der Waals surface area contributed by atoms with E-state index >= 15 is 0 Å². The van der Waals surface area contributed by atoms with Crippen molar-refractivity contribution in [3.05, 3.63) is 35.6 Å². The van der Waals surface area contributed by atoms with E-state index in [4.69, 9.17) is 0 Å². The number of amides is 2. The fraction of sp³-hybridized carbons (Fsp3) is 0.500. The lowest BCUT2D eigenvalue weighted by Gasteiger charge is -2.22. The molecule has 2 fully saturated rings. The van der Waals surface area contributed by atoms with Crippen molar-refractivity contribution in [2.45, 2.75) is 50.7 Å². The molecule has 1 aromatic rings. The number of benzene rings is 1. The van der Waals surface area contributed by atoms with E-state index in [1.807, 2.05) is 0 Å². The Morgan fingerprint density at radius 3 is 2.48 bits per heavy atom. The van der Waals surface area contributed by atoms with Crippen LogP contribution >= 0.6 is 0 Å². The minimum absolute atomic E-state index is 0.0662. The van der Waals surface area contributed by atoms with Crippen LogP contribution in [0.3, 0.4) is 0 Å². The molecule has 5 heteroatoms. The third-order valence-electron chi connectivity index (χ3n) is 4.34. The molecule has 2 aliphatic rings. The SMILES string of the molecule is O=C1CC(NCc2ccc(F)cc2)C(=O)N1C1CCCC1. The fourth-order valence-corrected chi connectivity index (χ4v) is 3.20. The number of carbonyl (C=O) groups excluding carboxylic acids is 2. The summed E-state index contributed by atoms with van der Waals surface area (Å²) in [6.07, 6.45) is 4.28. The largest absolute Gasteiger partial charge is 0.301 e. The number of imide groups is 1. The third kappa shape index (κ3) is 2.97. The molecule has 1 saturated carbocycles. The van der Waals surface area contributed by atoms with Gasteiger partial charge in [0.1, 0.15) is 5.82 Å². The van der Waals surface area contributed by atoms with Crippen molar-refractivity contribution in [2.24, 2.45) is 0 Å². The van der Waals surface area contributed by atoms with Gasteiger partial charge in [0.05, 0.1) is 12.5 Å². The highest BCUT2D eigenvalue weighted by Crippen LogP contribution is 2.28. The Bertz CT molecular complexity index is 538. The van der Waals surface area contributed by atoms with Gasteiger partial charge >= 0.3 is 0 Å². The van der Waals surface area contributed by atoms with Crippen LogP contribution in [0.2, 0.25) is 0 Å². The van der Waals surface area contributed by atoms with Gasteiger partial charge in [0.15, 0.2) is 0 Å². The van der Waals surface area contributed by atoms with E-state index in [9.17, 15) is 14.0 Å². The summed E-state index contributed by atoms with van der Waals surface area (Å²) in [6.45, 7) is 0.461. The van der Waals surface area contributed by atoms with Crippen LogP contribution in [0.1, 0.15) is 37.7 Å². The highest BCUT2D eigenvalue weighted by molar-refractivity contribution is 6.05.